The van der Waals surface area contributed by atoms with E-state index in [1.807, 2.05) is 25.1 Å². The minimum Gasteiger partial charge on any atom is -0.308 e. The number of urea groups is 1. The molecule has 0 fully saturated rings. The zero-order valence-electron chi connectivity index (χ0n) is 11.2. The first-order valence-corrected chi connectivity index (χ1v) is 7.50. The zero-order valence-corrected chi connectivity index (χ0v) is 12.8. The Morgan fingerprint density at radius 3 is 2.67 bits per heavy atom. The van der Waals surface area contributed by atoms with E-state index in [2.05, 4.69) is 15.6 Å². The lowest BCUT2D eigenvalue weighted by atomic mass is 10.2. The van der Waals surface area contributed by atoms with Gasteiger partial charge in [0, 0.05) is 10.7 Å². The summed E-state index contributed by atoms with van der Waals surface area (Å²) < 4.78 is 1.04. The summed E-state index contributed by atoms with van der Waals surface area (Å²) in [6.45, 7) is 2.01. The maximum absolute atomic E-state index is 11.9. The smallest absolute Gasteiger partial charge is 0.308 e. The predicted octanol–water partition coefficient (Wildman–Crippen LogP) is 4.90. The number of hydrogen-bond acceptors (Lipinski definition) is 3. The number of anilines is 2. The number of rotatable bonds is 2. The second-order valence-corrected chi connectivity index (χ2v) is 6.04. The topological polar surface area (TPSA) is 54.0 Å². The van der Waals surface area contributed by atoms with Crippen LogP contribution in [0.15, 0.2) is 42.5 Å². The van der Waals surface area contributed by atoms with E-state index < -0.39 is 0 Å². The molecule has 4 nitrogen and oxygen atoms in total. The van der Waals surface area contributed by atoms with Crippen LogP contribution < -0.4 is 10.6 Å². The molecular formula is C15H12ClN3OS. The van der Waals surface area contributed by atoms with E-state index >= 15 is 0 Å². The average Bonchev–Trinajstić information content (AvgIpc) is 2.82. The van der Waals surface area contributed by atoms with Gasteiger partial charge in [-0.25, -0.2) is 9.78 Å². The highest BCUT2D eigenvalue weighted by Gasteiger charge is 2.08. The van der Waals surface area contributed by atoms with Crippen LogP contribution in [0.1, 0.15) is 5.56 Å². The Bertz CT molecular complexity index is 798. The molecule has 3 rings (SSSR count). The Hall–Kier alpha value is -2.11. The third kappa shape index (κ3) is 3.32. The number of halogens is 1. The van der Waals surface area contributed by atoms with Crippen molar-refractivity contribution in [1.82, 2.24) is 4.98 Å². The number of thiazole rings is 1. The number of nitrogens with zero attached hydrogens (tertiary/aromatic N) is 1. The molecule has 21 heavy (non-hydrogen) atoms. The third-order valence-electron chi connectivity index (χ3n) is 2.87. The van der Waals surface area contributed by atoms with Gasteiger partial charge in [-0.15, -0.1) is 0 Å². The number of carbonyl (C=O) groups is 1. The zero-order chi connectivity index (χ0) is 14.8. The van der Waals surface area contributed by atoms with E-state index in [1.165, 1.54) is 11.3 Å². The second-order valence-electron chi connectivity index (χ2n) is 4.58. The number of hydrogen-bond donors (Lipinski definition) is 2. The Morgan fingerprint density at radius 2 is 1.90 bits per heavy atom. The van der Waals surface area contributed by atoms with Gasteiger partial charge in [0.05, 0.1) is 10.2 Å². The van der Waals surface area contributed by atoms with Gasteiger partial charge < -0.3 is 5.32 Å². The van der Waals surface area contributed by atoms with Crippen LogP contribution in [0.25, 0.3) is 10.2 Å². The van der Waals surface area contributed by atoms with Crippen LogP contribution in [-0.4, -0.2) is 11.0 Å². The van der Waals surface area contributed by atoms with Crippen molar-refractivity contribution in [3.05, 3.63) is 53.1 Å². The number of fused-ring (bicyclic) bond motifs is 1. The summed E-state index contributed by atoms with van der Waals surface area (Å²) in [6.07, 6.45) is 0. The summed E-state index contributed by atoms with van der Waals surface area (Å²) in [7, 11) is 0. The monoisotopic (exact) mass is 317 g/mol. The van der Waals surface area contributed by atoms with E-state index in [4.69, 9.17) is 11.6 Å². The highest BCUT2D eigenvalue weighted by atomic mass is 35.5. The van der Waals surface area contributed by atoms with E-state index in [-0.39, 0.29) is 6.03 Å². The molecule has 2 aromatic carbocycles. The molecule has 1 aromatic heterocycles. The molecule has 0 radical (unpaired) electrons. The number of amides is 2. The minimum atomic E-state index is -0.326. The fourth-order valence-corrected chi connectivity index (χ4v) is 2.85. The maximum atomic E-state index is 11.9. The molecule has 2 N–H and O–H groups in total. The highest BCUT2D eigenvalue weighted by molar-refractivity contribution is 7.22. The summed E-state index contributed by atoms with van der Waals surface area (Å²) in [6, 6.07) is 12.6. The predicted molar refractivity (Wildman–Crippen MR) is 88.5 cm³/mol. The SMILES string of the molecule is Cc1ccc2sc(NC(=O)Nc3ccc(Cl)cc3)nc2c1. The molecule has 0 spiro atoms. The van der Waals surface area contributed by atoms with Crippen molar-refractivity contribution in [1.29, 1.82) is 0 Å². The van der Waals surface area contributed by atoms with Crippen LogP contribution in [0.5, 0.6) is 0 Å². The Kier molecular flexibility index (Phi) is 3.77. The van der Waals surface area contributed by atoms with Gasteiger partial charge in [-0.05, 0) is 48.9 Å². The summed E-state index contributed by atoms with van der Waals surface area (Å²) >= 11 is 7.24. The van der Waals surface area contributed by atoms with Crippen molar-refractivity contribution < 1.29 is 4.79 Å². The summed E-state index contributed by atoms with van der Waals surface area (Å²) in [5.74, 6) is 0. The van der Waals surface area contributed by atoms with Crippen molar-refractivity contribution in [2.45, 2.75) is 6.92 Å². The molecule has 0 unspecified atom stereocenters. The van der Waals surface area contributed by atoms with E-state index in [0.717, 1.165) is 15.8 Å². The molecule has 0 atom stereocenters. The van der Waals surface area contributed by atoms with Crippen LogP contribution in [0.3, 0.4) is 0 Å². The summed E-state index contributed by atoms with van der Waals surface area (Å²) in [5.41, 5.74) is 2.71. The highest BCUT2D eigenvalue weighted by Crippen LogP contribution is 2.26. The number of aromatic nitrogens is 1. The fourth-order valence-electron chi connectivity index (χ4n) is 1.88. The van der Waals surface area contributed by atoms with E-state index in [1.54, 1.807) is 24.3 Å². The maximum Gasteiger partial charge on any atom is 0.325 e. The average molecular weight is 318 g/mol. The first-order chi connectivity index (χ1) is 10.1. The van der Waals surface area contributed by atoms with E-state index in [0.29, 0.717) is 15.8 Å². The van der Waals surface area contributed by atoms with Gasteiger partial charge in [-0.2, -0.15) is 0 Å². The quantitative estimate of drug-likeness (QED) is 0.706. The summed E-state index contributed by atoms with van der Waals surface area (Å²) in [4.78, 5) is 16.3. The van der Waals surface area contributed by atoms with Crippen molar-refractivity contribution >= 4 is 50.0 Å². The van der Waals surface area contributed by atoms with Crippen LogP contribution in [0, 0.1) is 6.92 Å². The van der Waals surface area contributed by atoms with Crippen molar-refractivity contribution in [2.24, 2.45) is 0 Å². The number of aryl methyl sites for hydroxylation is 1. The van der Waals surface area contributed by atoms with Crippen molar-refractivity contribution in [3.8, 4) is 0 Å². The Labute approximate surface area is 130 Å². The van der Waals surface area contributed by atoms with Gasteiger partial charge >= 0.3 is 6.03 Å². The number of benzene rings is 2. The first kappa shape index (κ1) is 13.9. The Morgan fingerprint density at radius 1 is 1.14 bits per heavy atom. The lowest BCUT2D eigenvalue weighted by Gasteiger charge is -2.04. The molecule has 0 bridgehead atoms. The lowest BCUT2D eigenvalue weighted by Crippen LogP contribution is -2.19. The van der Waals surface area contributed by atoms with Gasteiger partial charge in [-0.1, -0.05) is 29.0 Å². The molecule has 6 heteroatoms. The standard InChI is InChI=1S/C15H12ClN3OS/c1-9-2-7-13-12(8-9)18-15(21-13)19-14(20)17-11-5-3-10(16)4-6-11/h2-8H,1H3,(H2,17,18,19,20). The molecule has 2 amide bonds. The van der Waals surface area contributed by atoms with Crippen molar-refractivity contribution in [2.75, 3.05) is 10.6 Å². The number of carbonyl (C=O) groups excluding carboxylic acids is 1. The van der Waals surface area contributed by atoms with Gasteiger partial charge in [-0.3, -0.25) is 5.32 Å². The first-order valence-electron chi connectivity index (χ1n) is 6.31. The van der Waals surface area contributed by atoms with Gasteiger partial charge in [0.2, 0.25) is 0 Å². The van der Waals surface area contributed by atoms with Crippen LogP contribution in [-0.2, 0) is 0 Å². The Balaban J connectivity index is 1.72. The molecule has 106 valence electrons. The molecule has 0 aliphatic heterocycles. The second kappa shape index (κ2) is 5.71. The van der Waals surface area contributed by atoms with Crippen LogP contribution in [0.4, 0.5) is 15.6 Å². The minimum absolute atomic E-state index is 0.326. The van der Waals surface area contributed by atoms with Crippen LogP contribution in [0.2, 0.25) is 5.02 Å². The molecule has 0 saturated carbocycles. The fraction of sp³-hybridized carbons (Fsp3) is 0.0667. The number of nitrogens with one attached hydrogen (secondary N) is 2. The third-order valence-corrected chi connectivity index (χ3v) is 4.07. The molecule has 0 aliphatic rings. The van der Waals surface area contributed by atoms with Crippen LogP contribution >= 0.6 is 22.9 Å². The van der Waals surface area contributed by atoms with Gasteiger partial charge in [0.15, 0.2) is 5.13 Å². The molecule has 0 aliphatic carbocycles. The van der Waals surface area contributed by atoms with E-state index in [9.17, 15) is 4.79 Å². The largest absolute Gasteiger partial charge is 0.325 e. The lowest BCUT2D eigenvalue weighted by molar-refractivity contribution is 0.262. The van der Waals surface area contributed by atoms with Crippen molar-refractivity contribution in [3.63, 3.8) is 0 Å². The molecular weight excluding hydrogens is 306 g/mol. The van der Waals surface area contributed by atoms with Gasteiger partial charge in [0.1, 0.15) is 0 Å². The normalized spacial score (nSPS) is 10.6. The summed E-state index contributed by atoms with van der Waals surface area (Å²) in [5, 5.41) is 6.67. The molecule has 0 saturated heterocycles. The van der Waals surface area contributed by atoms with Gasteiger partial charge in [0.25, 0.3) is 0 Å². The molecule has 1 heterocycles. The molecule has 3 aromatic rings.